The Bertz CT molecular complexity index is 1560. The fourth-order valence-corrected chi connectivity index (χ4v) is 4.55. The zero-order valence-corrected chi connectivity index (χ0v) is 17.8. The number of nitrogens with zero attached hydrogens (tertiary/aromatic N) is 2. The fourth-order valence-electron chi connectivity index (χ4n) is 4.55. The van der Waals surface area contributed by atoms with Crippen molar-refractivity contribution in [2.45, 2.75) is 19.4 Å². The Morgan fingerprint density at radius 1 is 1.24 bits per heavy atom. The largest absolute Gasteiger partial charge is 0.472 e. The van der Waals surface area contributed by atoms with Crippen LogP contribution < -0.4 is 16.2 Å². The van der Waals surface area contributed by atoms with Crippen LogP contribution in [0, 0.1) is 6.92 Å². The average molecular weight is 443 g/mol. The number of nitrogens with one attached hydrogen (secondary N) is 1. The smallest absolute Gasteiger partial charge is 0.254 e. The van der Waals surface area contributed by atoms with Crippen LogP contribution in [-0.4, -0.2) is 40.4 Å². The van der Waals surface area contributed by atoms with Gasteiger partial charge in [0.2, 0.25) is 5.88 Å². The number of nitrogen functional groups attached to an aromatic ring is 1. The Balaban J connectivity index is 1.64. The van der Waals surface area contributed by atoms with E-state index in [2.05, 4.69) is 15.2 Å². The zero-order chi connectivity index (χ0) is 22.7. The lowest BCUT2D eigenvalue weighted by Gasteiger charge is -2.13. The second kappa shape index (κ2) is 7.21. The maximum Gasteiger partial charge on any atom is 0.254 e. The number of amides is 1. The van der Waals surface area contributed by atoms with Gasteiger partial charge in [0, 0.05) is 28.8 Å². The average Bonchev–Trinajstić information content (AvgIpc) is 3.53. The molecule has 1 atom stereocenters. The topological polar surface area (TPSA) is 142 Å². The molecule has 0 aliphatic carbocycles. The van der Waals surface area contributed by atoms with Gasteiger partial charge in [-0.3, -0.25) is 9.89 Å². The Kier molecular flexibility index (Phi) is 4.27. The van der Waals surface area contributed by atoms with Gasteiger partial charge in [-0.2, -0.15) is 5.10 Å². The molecule has 166 valence electrons. The van der Waals surface area contributed by atoms with Crippen molar-refractivity contribution >= 4 is 44.6 Å². The molecule has 1 aliphatic rings. The van der Waals surface area contributed by atoms with Crippen LogP contribution in [0.1, 0.15) is 22.3 Å². The summed E-state index contributed by atoms with van der Waals surface area (Å²) in [7, 11) is 0. The van der Waals surface area contributed by atoms with Crippen molar-refractivity contribution in [3.05, 3.63) is 47.7 Å². The standard InChI is InChI=1S/C24H21N5O4/c1-11-2-3-16-15(9-27-29-16)19(11)13-8-14-22-17(33-23(14)20(21(13)25)24(26)30)4-5-18(28-22)32-12-6-7-31-10-12/h2-5,8-9,12H,6-7,10,25H2,1H3,(H2,26,30)(H,27,29)/t12-/m0/s1. The number of nitrogens with two attached hydrogens (primary N) is 2. The molecule has 9 nitrogen and oxygen atoms in total. The molecule has 9 heteroatoms. The van der Waals surface area contributed by atoms with Crippen LogP contribution in [0.4, 0.5) is 5.69 Å². The monoisotopic (exact) mass is 443 g/mol. The first kappa shape index (κ1) is 19.6. The first-order valence-electron chi connectivity index (χ1n) is 10.6. The number of fused-ring (bicyclic) bond motifs is 4. The summed E-state index contributed by atoms with van der Waals surface area (Å²) < 4.78 is 17.4. The minimum Gasteiger partial charge on any atom is -0.472 e. The number of anilines is 1. The first-order chi connectivity index (χ1) is 16.0. The Morgan fingerprint density at radius 2 is 2.12 bits per heavy atom. The molecule has 5 N–H and O–H groups in total. The summed E-state index contributed by atoms with van der Waals surface area (Å²) in [5, 5.41) is 8.67. The summed E-state index contributed by atoms with van der Waals surface area (Å²) in [6, 6.07) is 9.34. The molecule has 0 spiro atoms. The van der Waals surface area contributed by atoms with E-state index in [1.54, 1.807) is 18.3 Å². The summed E-state index contributed by atoms with van der Waals surface area (Å²) in [5.74, 6) is -0.206. The summed E-state index contributed by atoms with van der Waals surface area (Å²) in [6.07, 6.45) is 2.51. The summed E-state index contributed by atoms with van der Waals surface area (Å²) >= 11 is 0. The molecule has 0 bridgehead atoms. The molecular formula is C24H21N5O4. The van der Waals surface area contributed by atoms with E-state index in [-0.39, 0.29) is 17.4 Å². The molecule has 5 aromatic rings. The van der Waals surface area contributed by atoms with Crippen LogP contribution in [0.25, 0.3) is 44.1 Å². The van der Waals surface area contributed by atoms with Crippen LogP contribution in [-0.2, 0) is 4.74 Å². The van der Waals surface area contributed by atoms with Gasteiger partial charge in [-0.25, -0.2) is 4.98 Å². The van der Waals surface area contributed by atoms with Gasteiger partial charge in [-0.1, -0.05) is 6.07 Å². The number of hydrogen-bond acceptors (Lipinski definition) is 7. The highest BCUT2D eigenvalue weighted by atomic mass is 16.5. The van der Waals surface area contributed by atoms with Crippen molar-refractivity contribution in [3.8, 4) is 17.0 Å². The Labute approximate surface area is 187 Å². The van der Waals surface area contributed by atoms with E-state index >= 15 is 0 Å². The quantitative estimate of drug-likeness (QED) is 0.360. The van der Waals surface area contributed by atoms with E-state index in [9.17, 15) is 4.79 Å². The predicted molar refractivity (Wildman–Crippen MR) is 124 cm³/mol. The molecule has 1 saturated heterocycles. The van der Waals surface area contributed by atoms with E-state index in [1.807, 2.05) is 25.1 Å². The molecule has 1 fully saturated rings. The SMILES string of the molecule is Cc1ccc2[nH]ncc2c1-c1cc2c(oc3ccc(O[C@H]4CCOC4)nc32)c(C(N)=O)c1N. The predicted octanol–water partition coefficient (Wildman–Crippen LogP) is 3.68. The van der Waals surface area contributed by atoms with Crippen molar-refractivity contribution < 1.29 is 18.7 Å². The number of aromatic nitrogens is 3. The summed E-state index contributed by atoms with van der Waals surface area (Å²) in [4.78, 5) is 17.2. The highest BCUT2D eigenvalue weighted by Gasteiger charge is 2.25. The van der Waals surface area contributed by atoms with Gasteiger partial charge >= 0.3 is 0 Å². The van der Waals surface area contributed by atoms with Crippen LogP contribution in [0.2, 0.25) is 0 Å². The number of pyridine rings is 1. The molecule has 33 heavy (non-hydrogen) atoms. The van der Waals surface area contributed by atoms with Crippen molar-refractivity contribution in [2.75, 3.05) is 18.9 Å². The molecule has 0 radical (unpaired) electrons. The maximum absolute atomic E-state index is 12.5. The number of carbonyl (C=O) groups is 1. The molecule has 1 amide bonds. The third-order valence-corrected chi connectivity index (χ3v) is 6.14. The van der Waals surface area contributed by atoms with Gasteiger partial charge in [0.15, 0.2) is 11.2 Å². The van der Waals surface area contributed by atoms with Gasteiger partial charge in [-0.15, -0.1) is 0 Å². The van der Waals surface area contributed by atoms with Gasteiger partial charge in [0.25, 0.3) is 5.91 Å². The van der Waals surface area contributed by atoms with Crippen LogP contribution in [0.15, 0.2) is 40.9 Å². The van der Waals surface area contributed by atoms with E-state index in [0.29, 0.717) is 46.7 Å². The van der Waals surface area contributed by atoms with Crippen molar-refractivity contribution in [2.24, 2.45) is 5.73 Å². The molecule has 1 aliphatic heterocycles. The highest BCUT2D eigenvalue weighted by Crippen LogP contribution is 2.42. The first-order valence-corrected chi connectivity index (χ1v) is 10.6. The third-order valence-electron chi connectivity index (χ3n) is 6.14. The van der Waals surface area contributed by atoms with Crippen molar-refractivity contribution in [1.29, 1.82) is 0 Å². The number of benzene rings is 2. The highest BCUT2D eigenvalue weighted by molar-refractivity contribution is 6.18. The zero-order valence-electron chi connectivity index (χ0n) is 17.8. The molecular weight excluding hydrogens is 422 g/mol. The lowest BCUT2D eigenvalue weighted by molar-refractivity contribution is 0.100. The number of furan rings is 1. The number of rotatable bonds is 4. The van der Waals surface area contributed by atoms with Gasteiger partial charge < -0.3 is 25.4 Å². The van der Waals surface area contributed by atoms with Crippen LogP contribution in [0.5, 0.6) is 5.88 Å². The lowest BCUT2D eigenvalue weighted by atomic mass is 9.92. The second-order valence-electron chi connectivity index (χ2n) is 8.24. The number of hydrogen-bond donors (Lipinski definition) is 3. The molecule has 0 saturated carbocycles. The molecule has 0 unspecified atom stereocenters. The van der Waals surface area contributed by atoms with Crippen molar-refractivity contribution in [3.63, 3.8) is 0 Å². The van der Waals surface area contributed by atoms with Crippen LogP contribution >= 0.6 is 0 Å². The maximum atomic E-state index is 12.5. The molecule has 3 aromatic heterocycles. The third kappa shape index (κ3) is 3.00. The van der Waals surface area contributed by atoms with E-state index < -0.39 is 5.91 Å². The van der Waals surface area contributed by atoms with E-state index in [1.165, 1.54) is 0 Å². The molecule has 6 rings (SSSR count). The van der Waals surface area contributed by atoms with E-state index in [4.69, 9.17) is 25.4 Å². The molecule has 2 aromatic carbocycles. The molecule has 4 heterocycles. The number of ether oxygens (including phenoxy) is 2. The van der Waals surface area contributed by atoms with Gasteiger partial charge in [0.05, 0.1) is 30.6 Å². The number of aromatic amines is 1. The lowest BCUT2D eigenvalue weighted by Crippen LogP contribution is -2.16. The van der Waals surface area contributed by atoms with E-state index in [0.717, 1.165) is 28.5 Å². The van der Waals surface area contributed by atoms with Crippen molar-refractivity contribution in [1.82, 2.24) is 15.2 Å². The second-order valence-corrected chi connectivity index (χ2v) is 8.24. The summed E-state index contributed by atoms with van der Waals surface area (Å²) in [6.45, 7) is 3.19. The minimum absolute atomic E-state index is 0.0400. The Hall–Kier alpha value is -4.11. The fraction of sp³-hybridized carbons (Fsp3) is 0.208. The van der Waals surface area contributed by atoms with Crippen LogP contribution in [0.3, 0.4) is 0 Å². The number of carbonyl (C=O) groups excluding carboxylic acids is 1. The minimum atomic E-state index is -0.671. The normalized spacial score (nSPS) is 16.2. The number of H-pyrrole nitrogens is 1. The Morgan fingerprint density at radius 3 is 2.91 bits per heavy atom. The number of aryl methyl sites for hydroxylation is 1. The summed E-state index contributed by atoms with van der Waals surface area (Å²) in [5.41, 5.74) is 17.4. The van der Waals surface area contributed by atoms with Gasteiger partial charge in [-0.05, 0) is 36.2 Å². The van der Waals surface area contributed by atoms with Gasteiger partial charge in [0.1, 0.15) is 17.2 Å². The number of primary amides is 1.